The van der Waals surface area contributed by atoms with Gasteiger partial charge in [0.25, 0.3) is 0 Å². The van der Waals surface area contributed by atoms with Crippen LogP contribution < -0.4 is 21.1 Å². The lowest BCUT2D eigenvalue weighted by Gasteiger charge is -2.24. The third kappa shape index (κ3) is 4.39. The maximum atomic E-state index is 11.5. The van der Waals surface area contributed by atoms with E-state index in [0.717, 1.165) is 6.42 Å². The van der Waals surface area contributed by atoms with Crippen molar-refractivity contribution in [2.75, 3.05) is 30.8 Å². The van der Waals surface area contributed by atoms with Crippen molar-refractivity contribution in [3.8, 4) is 0 Å². The number of nitrogen functional groups attached to an aromatic ring is 1. The first kappa shape index (κ1) is 16.3. The number of hydrogen-bond donors (Lipinski definition) is 3. The van der Waals surface area contributed by atoms with Gasteiger partial charge in [-0.1, -0.05) is 6.92 Å². The Bertz CT molecular complexity index is 586. The van der Waals surface area contributed by atoms with Gasteiger partial charge in [0.15, 0.2) is 0 Å². The van der Waals surface area contributed by atoms with Crippen molar-refractivity contribution in [1.82, 2.24) is 5.32 Å². The van der Waals surface area contributed by atoms with Gasteiger partial charge in [-0.15, -0.1) is 0 Å². The molecule has 8 heteroatoms. The lowest BCUT2D eigenvalue weighted by molar-refractivity contribution is -0.119. The molecule has 0 aliphatic heterocycles. The lowest BCUT2D eigenvalue weighted by atomic mass is 10.2. The Kier molecular flexibility index (Phi) is 5.34. The summed E-state index contributed by atoms with van der Waals surface area (Å²) in [7, 11) is -2.29. The number of nitrogens with two attached hydrogens (primary N) is 2. The highest BCUT2D eigenvalue weighted by Crippen LogP contribution is 2.23. The van der Waals surface area contributed by atoms with E-state index < -0.39 is 10.0 Å². The third-order valence-corrected chi connectivity index (χ3v) is 3.61. The van der Waals surface area contributed by atoms with Crippen molar-refractivity contribution in [3.05, 3.63) is 18.2 Å². The first-order chi connectivity index (χ1) is 9.27. The highest BCUT2D eigenvalue weighted by Gasteiger charge is 2.15. The summed E-state index contributed by atoms with van der Waals surface area (Å²) in [6.07, 6.45) is 0.802. The fourth-order valence-corrected chi connectivity index (χ4v) is 2.36. The number of anilines is 2. The summed E-state index contributed by atoms with van der Waals surface area (Å²) in [5.41, 5.74) is 6.54. The Morgan fingerprint density at radius 3 is 2.50 bits per heavy atom. The Morgan fingerprint density at radius 2 is 2.00 bits per heavy atom. The van der Waals surface area contributed by atoms with Crippen LogP contribution in [0, 0.1) is 0 Å². The van der Waals surface area contributed by atoms with Crippen molar-refractivity contribution in [2.24, 2.45) is 5.14 Å². The minimum absolute atomic E-state index is 0.0643. The van der Waals surface area contributed by atoms with Crippen molar-refractivity contribution in [3.63, 3.8) is 0 Å². The standard InChI is InChI=1S/C12H20N4O3S/c1-3-4-16(8-12(17)15-2)10-5-9(13)6-11(7-10)20(14,18)19/h5-7H,3-4,8,13H2,1-2H3,(H,15,17)(H2,14,18,19). The number of carbonyl (C=O) groups is 1. The Morgan fingerprint density at radius 1 is 1.35 bits per heavy atom. The Hall–Kier alpha value is -1.80. The summed E-state index contributed by atoms with van der Waals surface area (Å²) >= 11 is 0. The highest BCUT2D eigenvalue weighted by atomic mass is 32.2. The van der Waals surface area contributed by atoms with Crippen LogP contribution in [0.15, 0.2) is 23.1 Å². The van der Waals surface area contributed by atoms with Gasteiger partial charge < -0.3 is 16.0 Å². The monoisotopic (exact) mass is 300 g/mol. The van der Waals surface area contributed by atoms with Crippen LogP contribution in [0.2, 0.25) is 0 Å². The van der Waals surface area contributed by atoms with Gasteiger partial charge in [-0.2, -0.15) is 0 Å². The summed E-state index contributed by atoms with van der Waals surface area (Å²) < 4.78 is 22.8. The normalized spacial score (nSPS) is 11.2. The first-order valence-corrected chi connectivity index (χ1v) is 7.71. The molecule has 5 N–H and O–H groups in total. The molecule has 20 heavy (non-hydrogen) atoms. The number of benzene rings is 1. The Labute approximate surface area is 119 Å². The van der Waals surface area contributed by atoms with E-state index in [1.165, 1.54) is 12.1 Å². The molecular formula is C12H20N4O3S. The van der Waals surface area contributed by atoms with Gasteiger partial charge in [0.2, 0.25) is 15.9 Å². The molecule has 1 aromatic rings. The molecule has 0 aliphatic carbocycles. The minimum atomic E-state index is -3.84. The van der Waals surface area contributed by atoms with Gasteiger partial charge in [0.05, 0.1) is 11.4 Å². The number of sulfonamides is 1. The van der Waals surface area contributed by atoms with E-state index in [9.17, 15) is 13.2 Å². The van der Waals surface area contributed by atoms with Crippen LogP contribution in [0.1, 0.15) is 13.3 Å². The summed E-state index contributed by atoms with van der Waals surface area (Å²) in [6, 6.07) is 4.33. The molecule has 0 spiro atoms. The van der Waals surface area contributed by atoms with Crippen LogP contribution in [-0.2, 0) is 14.8 Å². The molecule has 0 saturated carbocycles. The van der Waals surface area contributed by atoms with Crippen LogP contribution in [0.4, 0.5) is 11.4 Å². The number of nitrogens with one attached hydrogen (secondary N) is 1. The largest absolute Gasteiger partial charge is 0.399 e. The lowest BCUT2D eigenvalue weighted by Crippen LogP contribution is -2.36. The molecule has 1 aromatic carbocycles. The second-order valence-corrected chi connectivity index (χ2v) is 5.96. The zero-order valence-corrected chi connectivity index (χ0v) is 12.4. The van der Waals surface area contributed by atoms with E-state index in [2.05, 4.69) is 5.32 Å². The van der Waals surface area contributed by atoms with E-state index in [-0.39, 0.29) is 23.0 Å². The molecular weight excluding hydrogens is 280 g/mol. The first-order valence-electron chi connectivity index (χ1n) is 6.16. The maximum Gasteiger partial charge on any atom is 0.239 e. The number of carbonyl (C=O) groups excluding carboxylic acids is 1. The molecule has 0 saturated heterocycles. The van der Waals surface area contributed by atoms with Gasteiger partial charge >= 0.3 is 0 Å². The second-order valence-electron chi connectivity index (χ2n) is 4.40. The molecule has 7 nitrogen and oxygen atoms in total. The van der Waals surface area contributed by atoms with Crippen LogP contribution in [0.3, 0.4) is 0 Å². The fourth-order valence-electron chi connectivity index (χ4n) is 1.77. The number of primary sulfonamides is 1. The molecule has 1 rings (SSSR count). The van der Waals surface area contributed by atoms with Gasteiger partial charge in [0, 0.05) is 25.0 Å². The topological polar surface area (TPSA) is 119 Å². The second kappa shape index (κ2) is 6.58. The van der Waals surface area contributed by atoms with Gasteiger partial charge in [-0.05, 0) is 24.6 Å². The molecule has 0 fully saturated rings. The van der Waals surface area contributed by atoms with E-state index in [4.69, 9.17) is 10.9 Å². The number of hydrogen-bond acceptors (Lipinski definition) is 5. The van der Waals surface area contributed by atoms with Gasteiger partial charge in [-0.25, -0.2) is 13.6 Å². The number of nitrogens with zero attached hydrogens (tertiary/aromatic N) is 1. The van der Waals surface area contributed by atoms with Gasteiger partial charge in [-0.3, -0.25) is 4.79 Å². The summed E-state index contributed by atoms with van der Waals surface area (Å²) in [6.45, 7) is 2.68. The maximum absolute atomic E-state index is 11.5. The molecule has 0 aromatic heterocycles. The summed E-state index contributed by atoms with van der Waals surface area (Å²) in [5, 5.41) is 7.64. The smallest absolute Gasteiger partial charge is 0.239 e. The quantitative estimate of drug-likeness (QED) is 0.633. The van der Waals surface area contributed by atoms with Crippen molar-refractivity contribution in [2.45, 2.75) is 18.2 Å². The van der Waals surface area contributed by atoms with E-state index in [0.29, 0.717) is 12.2 Å². The van der Waals surface area contributed by atoms with Gasteiger partial charge in [0.1, 0.15) is 0 Å². The molecule has 0 aliphatic rings. The molecule has 0 unspecified atom stereocenters. The van der Waals surface area contributed by atoms with Crippen LogP contribution in [0.5, 0.6) is 0 Å². The molecule has 0 atom stereocenters. The van der Waals surface area contributed by atoms with Crippen molar-refractivity contribution in [1.29, 1.82) is 0 Å². The molecule has 0 radical (unpaired) electrons. The van der Waals surface area contributed by atoms with Crippen LogP contribution in [-0.4, -0.2) is 34.5 Å². The number of likely N-dealkylation sites (N-methyl/N-ethyl adjacent to an activating group) is 1. The van der Waals surface area contributed by atoms with E-state index >= 15 is 0 Å². The van der Waals surface area contributed by atoms with E-state index in [1.807, 2.05) is 6.92 Å². The van der Waals surface area contributed by atoms with Crippen LogP contribution >= 0.6 is 0 Å². The molecule has 0 bridgehead atoms. The van der Waals surface area contributed by atoms with Crippen molar-refractivity contribution >= 4 is 27.3 Å². The zero-order chi connectivity index (χ0) is 15.3. The fraction of sp³-hybridized carbons (Fsp3) is 0.417. The molecule has 112 valence electrons. The highest BCUT2D eigenvalue weighted by molar-refractivity contribution is 7.89. The average molecular weight is 300 g/mol. The van der Waals surface area contributed by atoms with Crippen molar-refractivity contribution < 1.29 is 13.2 Å². The SMILES string of the molecule is CCCN(CC(=O)NC)c1cc(N)cc(S(N)(=O)=O)c1. The number of rotatable bonds is 6. The zero-order valence-electron chi connectivity index (χ0n) is 11.6. The van der Waals surface area contributed by atoms with E-state index in [1.54, 1.807) is 18.0 Å². The predicted octanol–water partition coefficient (Wildman–Crippen LogP) is -0.121. The summed E-state index contributed by atoms with van der Waals surface area (Å²) in [5.74, 6) is -0.168. The predicted molar refractivity (Wildman–Crippen MR) is 78.8 cm³/mol. The Balaban J connectivity index is 3.19. The summed E-state index contributed by atoms with van der Waals surface area (Å²) in [4.78, 5) is 13.2. The van der Waals surface area contributed by atoms with Crippen LogP contribution in [0.25, 0.3) is 0 Å². The third-order valence-electron chi connectivity index (χ3n) is 2.71. The molecule has 0 heterocycles. The average Bonchev–Trinajstić information content (AvgIpc) is 2.36. The minimum Gasteiger partial charge on any atom is -0.399 e. The number of amides is 1. The molecule has 1 amide bonds.